The summed E-state index contributed by atoms with van der Waals surface area (Å²) in [5, 5.41) is 0. The standard InChI is InChI=1S/C37H36FN3O5S/c1-44-31-17-14-28(34(45-2)35(31)46-3)24-39-18-20-40(21-19-39)36(42)27-12-8-25(9-13-27)22-33-37(43)41(23-26-10-15-29(38)16-11-26)30-6-4-5-7-32(30)47-33/h4-17,22H,18-21,23-24H2,1-3H3/b33-22-. The number of nitrogens with zero attached hydrogens (tertiary/aromatic N) is 3. The molecule has 0 atom stereocenters. The smallest absolute Gasteiger partial charge is 0.265 e. The third kappa shape index (κ3) is 6.99. The Bertz CT molecular complexity index is 1790. The summed E-state index contributed by atoms with van der Waals surface area (Å²) in [6.45, 7) is 3.66. The fourth-order valence-electron chi connectivity index (χ4n) is 5.89. The lowest BCUT2D eigenvalue weighted by atomic mass is 10.1. The van der Waals surface area contributed by atoms with Gasteiger partial charge < -0.3 is 24.0 Å². The predicted octanol–water partition coefficient (Wildman–Crippen LogP) is 6.49. The van der Waals surface area contributed by atoms with Crippen LogP contribution in [-0.2, 0) is 17.9 Å². The number of carbonyl (C=O) groups excluding carboxylic acids is 2. The molecule has 0 spiro atoms. The molecule has 4 aromatic rings. The first-order valence-corrected chi connectivity index (χ1v) is 16.1. The van der Waals surface area contributed by atoms with Gasteiger partial charge in [-0.05, 0) is 59.7 Å². The molecule has 2 heterocycles. The van der Waals surface area contributed by atoms with Gasteiger partial charge in [-0.2, -0.15) is 0 Å². The van der Waals surface area contributed by atoms with E-state index in [0.717, 1.165) is 40.4 Å². The number of thioether (sulfide) groups is 1. The second-order valence-electron chi connectivity index (χ2n) is 11.3. The van der Waals surface area contributed by atoms with Crippen LogP contribution >= 0.6 is 11.8 Å². The highest BCUT2D eigenvalue weighted by Gasteiger charge is 2.29. The molecule has 2 amide bonds. The summed E-state index contributed by atoms with van der Waals surface area (Å²) < 4.78 is 30.1. The summed E-state index contributed by atoms with van der Waals surface area (Å²) in [4.78, 5) is 34.5. The van der Waals surface area contributed by atoms with E-state index in [1.165, 1.54) is 23.9 Å². The van der Waals surface area contributed by atoms with Crippen molar-refractivity contribution in [3.63, 3.8) is 0 Å². The number of carbonyl (C=O) groups is 2. The van der Waals surface area contributed by atoms with Gasteiger partial charge in [0, 0.05) is 48.7 Å². The molecule has 1 fully saturated rings. The molecule has 0 N–H and O–H groups in total. The number of rotatable bonds is 9. The summed E-state index contributed by atoms with van der Waals surface area (Å²) in [6.07, 6.45) is 1.86. The molecule has 0 saturated carbocycles. The van der Waals surface area contributed by atoms with Crippen LogP contribution in [0.25, 0.3) is 6.08 Å². The molecule has 0 aromatic heterocycles. The monoisotopic (exact) mass is 653 g/mol. The Balaban J connectivity index is 1.11. The van der Waals surface area contributed by atoms with Gasteiger partial charge in [-0.3, -0.25) is 14.5 Å². The van der Waals surface area contributed by atoms with Crippen LogP contribution in [0, 0.1) is 5.82 Å². The zero-order chi connectivity index (χ0) is 32.9. The van der Waals surface area contributed by atoms with Gasteiger partial charge >= 0.3 is 0 Å². The lowest BCUT2D eigenvalue weighted by Gasteiger charge is -2.35. The molecule has 2 aliphatic heterocycles. The van der Waals surface area contributed by atoms with E-state index in [1.807, 2.05) is 71.6 Å². The zero-order valence-corrected chi connectivity index (χ0v) is 27.4. The summed E-state index contributed by atoms with van der Waals surface area (Å²) in [7, 11) is 4.81. The first-order valence-electron chi connectivity index (χ1n) is 15.3. The Morgan fingerprint density at radius 3 is 2.19 bits per heavy atom. The van der Waals surface area contributed by atoms with Gasteiger partial charge in [0.1, 0.15) is 5.82 Å². The first kappa shape index (κ1) is 32.2. The maximum atomic E-state index is 13.7. The number of benzene rings is 4. The normalized spacial score (nSPS) is 15.8. The van der Waals surface area contributed by atoms with E-state index in [9.17, 15) is 14.0 Å². The van der Waals surface area contributed by atoms with Crippen LogP contribution in [0.5, 0.6) is 17.2 Å². The van der Waals surface area contributed by atoms with Gasteiger partial charge in [-0.1, -0.05) is 54.2 Å². The van der Waals surface area contributed by atoms with Crippen LogP contribution in [0.3, 0.4) is 0 Å². The van der Waals surface area contributed by atoms with Crippen LogP contribution in [0.1, 0.15) is 27.0 Å². The molecular formula is C37H36FN3O5S. The largest absolute Gasteiger partial charge is 0.493 e. The molecule has 8 nitrogen and oxygen atoms in total. The van der Waals surface area contributed by atoms with E-state index in [0.29, 0.717) is 53.9 Å². The molecule has 0 aliphatic carbocycles. The Labute approximate surface area is 278 Å². The highest BCUT2D eigenvalue weighted by atomic mass is 32.2. The van der Waals surface area contributed by atoms with E-state index in [1.54, 1.807) is 38.4 Å². The quantitative estimate of drug-likeness (QED) is 0.191. The van der Waals surface area contributed by atoms with Crippen molar-refractivity contribution in [3.05, 3.63) is 118 Å². The molecule has 4 aromatic carbocycles. The van der Waals surface area contributed by atoms with E-state index < -0.39 is 0 Å². The maximum absolute atomic E-state index is 13.7. The Morgan fingerprint density at radius 1 is 0.809 bits per heavy atom. The average molecular weight is 654 g/mol. The number of halogens is 1. The first-order chi connectivity index (χ1) is 22.9. The van der Waals surface area contributed by atoms with Gasteiger partial charge in [0.05, 0.1) is 38.5 Å². The molecule has 10 heteroatoms. The topological polar surface area (TPSA) is 71.6 Å². The van der Waals surface area contributed by atoms with Crippen molar-refractivity contribution in [2.75, 3.05) is 52.4 Å². The summed E-state index contributed by atoms with van der Waals surface area (Å²) >= 11 is 1.43. The van der Waals surface area contributed by atoms with Gasteiger partial charge in [0.2, 0.25) is 5.75 Å². The average Bonchev–Trinajstić information content (AvgIpc) is 3.11. The molecule has 0 radical (unpaired) electrons. The number of para-hydroxylation sites is 1. The van der Waals surface area contributed by atoms with Gasteiger partial charge in [0.15, 0.2) is 11.5 Å². The van der Waals surface area contributed by atoms with Crippen molar-refractivity contribution in [2.24, 2.45) is 0 Å². The van der Waals surface area contributed by atoms with E-state index in [4.69, 9.17) is 14.2 Å². The number of hydrogen-bond acceptors (Lipinski definition) is 7. The van der Waals surface area contributed by atoms with Crippen molar-refractivity contribution >= 4 is 35.3 Å². The lowest BCUT2D eigenvalue weighted by Crippen LogP contribution is -2.48. The number of piperazine rings is 1. The van der Waals surface area contributed by atoms with Crippen molar-refractivity contribution in [3.8, 4) is 17.2 Å². The molecular weight excluding hydrogens is 617 g/mol. The van der Waals surface area contributed by atoms with Gasteiger partial charge in [-0.25, -0.2) is 4.39 Å². The fraction of sp³-hybridized carbons (Fsp3) is 0.243. The maximum Gasteiger partial charge on any atom is 0.265 e. The van der Waals surface area contributed by atoms with Crippen LogP contribution in [0.15, 0.2) is 94.7 Å². The fourth-order valence-corrected chi connectivity index (χ4v) is 6.94. The molecule has 6 rings (SSSR count). The number of ether oxygens (including phenoxy) is 3. The van der Waals surface area contributed by atoms with Crippen molar-refractivity contribution < 1.29 is 28.2 Å². The number of fused-ring (bicyclic) bond motifs is 1. The minimum Gasteiger partial charge on any atom is -0.493 e. The van der Waals surface area contributed by atoms with Gasteiger partial charge in [0.25, 0.3) is 11.8 Å². The predicted molar refractivity (Wildman–Crippen MR) is 182 cm³/mol. The second kappa shape index (κ2) is 14.3. The minimum absolute atomic E-state index is 0.0185. The highest BCUT2D eigenvalue weighted by molar-refractivity contribution is 8.04. The summed E-state index contributed by atoms with van der Waals surface area (Å²) in [5.41, 5.74) is 4.09. The Hall–Kier alpha value is -4.80. The summed E-state index contributed by atoms with van der Waals surface area (Å²) in [6, 6.07) is 25.2. The Morgan fingerprint density at radius 2 is 1.51 bits per heavy atom. The van der Waals surface area contributed by atoms with Crippen molar-refractivity contribution in [1.29, 1.82) is 0 Å². The van der Waals surface area contributed by atoms with Crippen LogP contribution in [0.4, 0.5) is 10.1 Å². The van der Waals surface area contributed by atoms with Gasteiger partial charge in [-0.15, -0.1) is 0 Å². The van der Waals surface area contributed by atoms with Crippen LogP contribution in [0.2, 0.25) is 0 Å². The molecule has 2 aliphatic rings. The van der Waals surface area contributed by atoms with E-state index >= 15 is 0 Å². The van der Waals surface area contributed by atoms with Crippen molar-refractivity contribution in [1.82, 2.24) is 9.80 Å². The third-order valence-electron chi connectivity index (χ3n) is 8.38. The molecule has 242 valence electrons. The Kier molecular flexibility index (Phi) is 9.79. The number of anilines is 1. The SMILES string of the molecule is COc1ccc(CN2CCN(C(=O)c3ccc(/C=C4\Sc5ccccc5N(Cc5ccc(F)cc5)C4=O)cc3)CC2)c(OC)c1OC. The number of amides is 2. The number of methoxy groups -OCH3 is 3. The van der Waals surface area contributed by atoms with E-state index in [-0.39, 0.29) is 17.6 Å². The highest BCUT2D eigenvalue weighted by Crippen LogP contribution is 2.43. The van der Waals surface area contributed by atoms with Crippen molar-refractivity contribution in [2.45, 2.75) is 18.0 Å². The van der Waals surface area contributed by atoms with Crippen LogP contribution < -0.4 is 19.1 Å². The van der Waals surface area contributed by atoms with E-state index in [2.05, 4.69) is 4.90 Å². The molecule has 0 unspecified atom stereocenters. The number of hydrogen-bond donors (Lipinski definition) is 0. The minimum atomic E-state index is -0.313. The lowest BCUT2D eigenvalue weighted by molar-refractivity contribution is -0.114. The molecule has 0 bridgehead atoms. The van der Waals surface area contributed by atoms with Crippen LogP contribution in [-0.4, -0.2) is 69.1 Å². The molecule has 47 heavy (non-hydrogen) atoms. The zero-order valence-electron chi connectivity index (χ0n) is 26.6. The second-order valence-corrected chi connectivity index (χ2v) is 12.4. The summed E-state index contributed by atoms with van der Waals surface area (Å²) in [5.74, 6) is 1.38. The molecule has 1 saturated heterocycles. The third-order valence-corrected chi connectivity index (χ3v) is 9.46.